The molecule has 1 aromatic carbocycles. The molecule has 0 saturated carbocycles. The van der Waals surface area contributed by atoms with Crippen LogP contribution in [0.5, 0.6) is 11.5 Å². The van der Waals surface area contributed by atoms with Crippen LogP contribution < -0.4 is 20.1 Å². The van der Waals surface area contributed by atoms with Crippen LogP contribution in [0.3, 0.4) is 0 Å². The molecule has 0 aromatic heterocycles. The van der Waals surface area contributed by atoms with Crippen molar-refractivity contribution in [1.82, 2.24) is 10.6 Å². The van der Waals surface area contributed by atoms with Gasteiger partial charge in [-0.15, -0.1) is 24.0 Å². The van der Waals surface area contributed by atoms with Crippen molar-refractivity contribution in [1.29, 1.82) is 0 Å². The predicted molar refractivity (Wildman–Crippen MR) is 98.9 cm³/mol. The molecule has 0 amide bonds. The number of ether oxygens (including phenoxy) is 4. The summed E-state index contributed by atoms with van der Waals surface area (Å²) in [5, 5.41) is 6.43. The van der Waals surface area contributed by atoms with E-state index in [9.17, 15) is 0 Å². The summed E-state index contributed by atoms with van der Waals surface area (Å²) in [6, 6.07) is 5.89. The topological polar surface area (TPSA) is 73.3 Å². The molecule has 7 nitrogen and oxygen atoms in total. The number of hydrogen-bond acceptors (Lipinski definition) is 5. The van der Waals surface area contributed by atoms with Crippen LogP contribution in [0.15, 0.2) is 23.2 Å². The second-order valence-electron chi connectivity index (χ2n) is 4.65. The molecule has 1 aliphatic rings. The Morgan fingerprint density at radius 3 is 2.78 bits per heavy atom. The number of fused-ring (bicyclic) bond motifs is 1. The quantitative estimate of drug-likeness (QED) is 0.277. The number of nitrogens with zero attached hydrogens (tertiary/aromatic N) is 1. The number of benzene rings is 1. The third kappa shape index (κ3) is 6.80. The summed E-state index contributed by atoms with van der Waals surface area (Å²) in [4.78, 5) is 4.17. The number of hydrogen-bond donors (Lipinski definition) is 2. The molecule has 0 bridgehead atoms. The van der Waals surface area contributed by atoms with Gasteiger partial charge in [0.2, 0.25) is 6.79 Å². The second kappa shape index (κ2) is 11.3. The number of halogens is 1. The van der Waals surface area contributed by atoms with E-state index in [1.165, 1.54) is 0 Å². The third-order valence-corrected chi connectivity index (χ3v) is 3.09. The molecule has 0 radical (unpaired) electrons. The van der Waals surface area contributed by atoms with Crippen molar-refractivity contribution in [3.05, 3.63) is 23.8 Å². The van der Waals surface area contributed by atoms with Crippen molar-refractivity contribution in [3.8, 4) is 11.5 Å². The Morgan fingerprint density at radius 1 is 1.17 bits per heavy atom. The zero-order chi connectivity index (χ0) is 15.6. The second-order valence-corrected chi connectivity index (χ2v) is 4.65. The normalized spacial score (nSPS) is 12.7. The van der Waals surface area contributed by atoms with Crippen LogP contribution in [0.2, 0.25) is 0 Å². The van der Waals surface area contributed by atoms with Crippen molar-refractivity contribution < 1.29 is 18.9 Å². The Bertz CT molecular complexity index is 500. The first-order valence-corrected chi connectivity index (χ1v) is 7.23. The van der Waals surface area contributed by atoms with Gasteiger partial charge >= 0.3 is 0 Å². The minimum atomic E-state index is 0. The number of rotatable bonds is 8. The first kappa shape index (κ1) is 19.8. The highest BCUT2D eigenvalue weighted by Crippen LogP contribution is 2.32. The summed E-state index contributed by atoms with van der Waals surface area (Å²) < 4.78 is 20.9. The van der Waals surface area contributed by atoms with E-state index < -0.39 is 0 Å². The van der Waals surface area contributed by atoms with E-state index in [0.717, 1.165) is 23.0 Å². The zero-order valence-corrected chi connectivity index (χ0v) is 15.8. The van der Waals surface area contributed by atoms with Gasteiger partial charge in [0, 0.05) is 27.2 Å². The lowest BCUT2D eigenvalue weighted by molar-refractivity contribution is 0.0733. The maximum absolute atomic E-state index is 5.38. The maximum atomic E-state index is 5.38. The summed E-state index contributed by atoms with van der Waals surface area (Å²) >= 11 is 0. The van der Waals surface area contributed by atoms with Crippen LogP contribution in [-0.4, -0.2) is 53.3 Å². The first-order valence-electron chi connectivity index (χ1n) is 7.23. The average molecular weight is 437 g/mol. The Balaban J connectivity index is 0.00000264. The van der Waals surface area contributed by atoms with E-state index in [0.29, 0.717) is 39.7 Å². The first-order chi connectivity index (χ1) is 10.8. The molecule has 0 fully saturated rings. The van der Waals surface area contributed by atoms with Gasteiger partial charge in [-0.1, -0.05) is 6.07 Å². The fourth-order valence-electron chi connectivity index (χ4n) is 1.94. The Labute approximate surface area is 153 Å². The van der Waals surface area contributed by atoms with Gasteiger partial charge in [-0.25, -0.2) is 0 Å². The monoisotopic (exact) mass is 437 g/mol. The molecule has 0 aliphatic carbocycles. The van der Waals surface area contributed by atoms with Crippen LogP contribution in [-0.2, 0) is 16.0 Å². The van der Waals surface area contributed by atoms with Crippen molar-refractivity contribution in [3.63, 3.8) is 0 Å². The number of guanidine groups is 1. The molecule has 0 atom stereocenters. The zero-order valence-electron chi connectivity index (χ0n) is 13.5. The summed E-state index contributed by atoms with van der Waals surface area (Å²) in [5.41, 5.74) is 1.10. The van der Waals surface area contributed by atoms with Crippen LogP contribution in [0.4, 0.5) is 0 Å². The molecule has 23 heavy (non-hydrogen) atoms. The van der Waals surface area contributed by atoms with Crippen LogP contribution in [0.25, 0.3) is 0 Å². The van der Waals surface area contributed by atoms with Gasteiger partial charge in [0.15, 0.2) is 17.5 Å². The molecule has 1 heterocycles. The maximum Gasteiger partial charge on any atom is 0.231 e. The van der Waals surface area contributed by atoms with E-state index in [2.05, 4.69) is 15.6 Å². The number of aliphatic imine (C=N–C) groups is 1. The number of methoxy groups -OCH3 is 1. The lowest BCUT2D eigenvalue weighted by Gasteiger charge is -2.12. The fraction of sp³-hybridized carbons (Fsp3) is 0.533. The Hall–Kier alpha value is -1.26. The van der Waals surface area contributed by atoms with Gasteiger partial charge in [0.25, 0.3) is 0 Å². The van der Waals surface area contributed by atoms with Crippen molar-refractivity contribution in [2.45, 2.75) is 6.54 Å². The van der Waals surface area contributed by atoms with Gasteiger partial charge in [-0.05, 0) is 17.7 Å². The van der Waals surface area contributed by atoms with E-state index in [1.54, 1.807) is 14.2 Å². The summed E-state index contributed by atoms with van der Waals surface area (Å²) in [6.45, 7) is 3.44. The minimum Gasteiger partial charge on any atom is -0.454 e. The molecule has 130 valence electrons. The van der Waals surface area contributed by atoms with Crippen molar-refractivity contribution in [2.24, 2.45) is 4.99 Å². The largest absolute Gasteiger partial charge is 0.454 e. The Morgan fingerprint density at radius 2 is 2.00 bits per heavy atom. The van der Waals surface area contributed by atoms with Crippen LogP contribution in [0.1, 0.15) is 5.56 Å². The molecule has 0 spiro atoms. The molecule has 0 unspecified atom stereocenters. The van der Waals surface area contributed by atoms with E-state index in [4.69, 9.17) is 18.9 Å². The molecule has 8 heteroatoms. The molecule has 2 N–H and O–H groups in total. The fourth-order valence-corrected chi connectivity index (χ4v) is 1.94. The van der Waals surface area contributed by atoms with Gasteiger partial charge in [-0.3, -0.25) is 4.99 Å². The molecule has 1 aromatic rings. The average Bonchev–Trinajstić information content (AvgIpc) is 3.01. The van der Waals surface area contributed by atoms with Gasteiger partial charge in [0.05, 0.1) is 19.8 Å². The molecule has 2 rings (SSSR count). The Kier molecular flexibility index (Phi) is 9.72. The highest BCUT2D eigenvalue weighted by molar-refractivity contribution is 14.0. The number of nitrogens with one attached hydrogen (secondary N) is 2. The molecule has 1 aliphatic heterocycles. The van der Waals surface area contributed by atoms with E-state index in [-0.39, 0.29) is 24.0 Å². The highest BCUT2D eigenvalue weighted by Gasteiger charge is 2.13. The SMILES string of the molecule is CN=C(NCCOCCOC)NCc1ccc2c(c1)OCO2.I. The van der Waals surface area contributed by atoms with Crippen LogP contribution in [0, 0.1) is 0 Å². The van der Waals surface area contributed by atoms with Crippen molar-refractivity contribution >= 4 is 29.9 Å². The van der Waals surface area contributed by atoms with E-state index >= 15 is 0 Å². The standard InChI is InChI=1S/C15H23N3O4.HI/c1-16-15(17-5-6-20-8-7-19-2)18-10-12-3-4-13-14(9-12)22-11-21-13;/h3-4,9H,5-8,10-11H2,1-2H3,(H2,16,17,18);1H. The van der Waals surface area contributed by atoms with Gasteiger partial charge in [0.1, 0.15) is 0 Å². The third-order valence-electron chi connectivity index (χ3n) is 3.09. The smallest absolute Gasteiger partial charge is 0.231 e. The summed E-state index contributed by atoms with van der Waals surface area (Å²) in [5.74, 6) is 2.31. The predicted octanol–water partition coefficient (Wildman–Crippen LogP) is 1.36. The summed E-state index contributed by atoms with van der Waals surface area (Å²) in [7, 11) is 3.39. The summed E-state index contributed by atoms with van der Waals surface area (Å²) in [6.07, 6.45) is 0. The lowest BCUT2D eigenvalue weighted by atomic mass is 10.2. The van der Waals surface area contributed by atoms with Crippen molar-refractivity contribution in [2.75, 3.05) is 47.3 Å². The highest BCUT2D eigenvalue weighted by atomic mass is 127. The van der Waals surface area contributed by atoms with Crippen LogP contribution >= 0.6 is 24.0 Å². The minimum absolute atomic E-state index is 0. The van der Waals surface area contributed by atoms with Gasteiger partial charge in [-0.2, -0.15) is 0 Å². The molecule has 0 saturated heterocycles. The lowest BCUT2D eigenvalue weighted by Crippen LogP contribution is -2.38. The molecular weight excluding hydrogens is 413 g/mol. The molecular formula is C15H24IN3O4. The van der Waals surface area contributed by atoms with Gasteiger partial charge < -0.3 is 29.6 Å². The van der Waals surface area contributed by atoms with E-state index in [1.807, 2.05) is 18.2 Å².